The molecule has 2 rings (SSSR count). The van der Waals surface area contributed by atoms with Crippen LogP contribution in [0.3, 0.4) is 0 Å². The van der Waals surface area contributed by atoms with Gasteiger partial charge in [-0.2, -0.15) is 0 Å². The van der Waals surface area contributed by atoms with Crippen LogP contribution >= 0.6 is 0 Å². The Morgan fingerprint density at radius 3 is 1.43 bits per heavy atom. The van der Waals surface area contributed by atoms with Crippen molar-refractivity contribution in [2.45, 2.75) is 64.7 Å². The van der Waals surface area contributed by atoms with Crippen molar-refractivity contribution in [3.8, 4) is 0 Å². The normalized spacial score (nSPS) is 20.9. The Morgan fingerprint density at radius 1 is 0.857 bits per heavy atom. The SMILES string of the molecule is C1CCCC1.CC(=O)C1CCCC1.[Fe]. The van der Waals surface area contributed by atoms with Crippen LogP contribution in [0.25, 0.3) is 0 Å². The number of hydrogen-bond donors (Lipinski definition) is 0. The van der Waals surface area contributed by atoms with Gasteiger partial charge in [-0.05, 0) is 19.8 Å². The van der Waals surface area contributed by atoms with Crippen LogP contribution < -0.4 is 0 Å². The standard InChI is InChI=1S/C7H12O.C5H10.Fe/c1-6(8)7-4-2-3-5-7;1-2-4-5-3-1;/h7H,2-5H2,1H3;1-5H2;. The van der Waals surface area contributed by atoms with Crippen molar-refractivity contribution in [2.24, 2.45) is 5.92 Å². The Kier molecular flexibility index (Phi) is 8.61. The zero-order valence-electron chi connectivity index (χ0n) is 9.20. The third-order valence-electron chi connectivity index (χ3n) is 3.18. The minimum atomic E-state index is 0. The molecule has 0 aromatic carbocycles. The third-order valence-corrected chi connectivity index (χ3v) is 3.18. The fraction of sp³-hybridized carbons (Fsp3) is 0.917. The van der Waals surface area contributed by atoms with Crippen LogP contribution in [0, 0.1) is 5.92 Å². The van der Waals surface area contributed by atoms with Gasteiger partial charge in [0.05, 0.1) is 0 Å². The van der Waals surface area contributed by atoms with Gasteiger partial charge >= 0.3 is 0 Å². The van der Waals surface area contributed by atoms with E-state index in [0.717, 1.165) is 12.8 Å². The quantitative estimate of drug-likeness (QED) is 0.636. The summed E-state index contributed by atoms with van der Waals surface area (Å²) in [6.45, 7) is 1.70. The van der Waals surface area contributed by atoms with Crippen LogP contribution in [0.4, 0.5) is 0 Å². The molecule has 0 aliphatic heterocycles. The summed E-state index contributed by atoms with van der Waals surface area (Å²) >= 11 is 0. The van der Waals surface area contributed by atoms with E-state index in [2.05, 4.69) is 0 Å². The minimum absolute atomic E-state index is 0. The van der Waals surface area contributed by atoms with Gasteiger partial charge in [0, 0.05) is 23.0 Å². The first-order valence-electron chi connectivity index (χ1n) is 5.81. The number of ketones is 1. The maximum absolute atomic E-state index is 10.6. The largest absolute Gasteiger partial charge is 0.300 e. The Balaban J connectivity index is 0.000000246. The second-order valence-corrected chi connectivity index (χ2v) is 4.36. The molecule has 0 saturated heterocycles. The molecule has 0 unspecified atom stereocenters. The Morgan fingerprint density at radius 2 is 1.21 bits per heavy atom. The van der Waals surface area contributed by atoms with Crippen molar-refractivity contribution < 1.29 is 21.9 Å². The van der Waals surface area contributed by atoms with Crippen molar-refractivity contribution in [2.75, 3.05) is 0 Å². The summed E-state index contributed by atoms with van der Waals surface area (Å²) < 4.78 is 0. The van der Waals surface area contributed by atoms with E-state index in [1.165, 1.54) is 44.9 Å². The Hall–Kier alpha value is 0.189. The molecule has 2 heteroatoms. The summed E-state index contributed by atoms with van der Waals surface area (Å²) in [7, 11) is 0. The average molecular weight is 238 g/mol. The van der Waals surface area contributed by atoms with Gasteiger partial charge in [0.15, 0.2) is 0 Å². The Labute approximate surface area is 98.5 Å². The van der Waals surface area contributed by atoms with Gasteiger partial charge in [0.25, 0.3) is 0 Å². The fourth-order valence-electron chi connectivity index (χ4n) is 2.22. The van der Waals surface area contributed by atoms with Crippen molar-refractivity contribution in [3.05, 3.63) is 0 Å². The molecule has 0 aromatic rings. The first-order valence-corrected chi connectivity index (χ1v) is 5.81. The van der Waals surface area contributed by atoms with Crippen LogP contribution in [-0.4, -0.2) is 5.78 Å². The summed E-state index contributed by atoms with van der Waals surface area (Å²) in [5.41, 5.74) is 0. The topological polar surface area (TPSA) is 17.1 Å². The molecule has 2 aliphatic carbocycles. The van der Waals surface area contributed by atoms with Crippen molar-refractivity contribution >= 4 is 5.78 Å². The predicted molar refractivity (Wildman–Crippen MR) is 55.7 cm³/mol. The van der Waals surface area contributed by atoms with Crippen molar-refractivity contribution in [3.63, 3.8) is 0 Å². The van der Waals surface area contributed by atoms with Gasteiger partial charge in [0.2, 0.25) is 0 Å². The van der Waals surface area contributed by atoms with Gasteiger partial charge in [-0.3, -0.25) is 4.79 Å². The van der Waals surface area contributed by atoms with Crippen LogP contribution in [0.5, 0.6) is 0 Å². The van der Waals surface area contributed by atoms with Crippen LogP contribution in [-0.2, 0) is 21.9 Å². The molecule has 0 aromatic heterocycles. The van der Waals surface area contributed by atoms with Crippen LogP contribution in [0.1, 0.15) is 64.7 Å². The molecule has 2 saturated carbocycles. The second kappa shape index (κ2) is 8.49. The van der Waals surface area contributed by atoms with E-state index in [-0.39, 0.29) is 17.1 Å². The van der Waals surface area contributed by atoms with Gasteiger partial charge < -0.3 is 0 Å². The zero-order valence-corrected chi connectivity index (χ0v) is 10.3. The minimum Gasteiger partial charge on any atom is -0.300 e. The summed E-state index contributed by atoms with van der Waals surface area (Å²) in [5.74, 6) is 0.817. The average Bonchev–Trinajstić information content (AvgIpc) is 2.82. The number of carbonyl (C=O) groups is 1. The molecule has 0 spiro atoms. The summed E-state index contributed by atoms with van der Waals surface area (Å²) in [5, 5.41) is 0. The molecule has 14 heavy (non-hydrogen) atoms. The van der Waals surface area contributed by atoms with E-state index >= 15 is 0 Å². The number of Topliss-reactive ketones (excluding diaryl/α,β-unsaturated/α-hetero) is 1. The molecular weight excluding hydrogens is 216 g/mol. The van der Waals surface area contributed by atoms with Gasteiger partial charge in [-0.1, -0.05) is 44.9 Å². The van der Waals surface area contributed by atoms with Crippen molar-refractivity contribution in [1.82, 2.24) is 0 Å². The molecule has 0 heterocycles. The molecule has 0 N–H and O–H groups in total. The first-order chi connectivity index (χ1) is 6.30. The summed E-state index contributed by atoms with van der Waals surface area (Å²) in [6, 6.07) is 0. The molecular formula is C12H22FeO. The molecule has 84 valence electrons. The number of carbonyl (C=O) groups excluding carboxylic acids is 1. The van der Waals surface area contributed by atoms with E-state index in [0.29, 0.717) is 11.7 Å². The molecule has 2 fully saturated rings. The molecule has 0 atom stereocenters. The number of hydrogen-bond acceptors (Lipinski definition) is 1. The second-order valence-electron chi connectivity index (χ2n) is 4.36. The van der Waals surface area contributed by atoms with E-state index < -0.39 is 0 Å². The molecule has 0 amide bonds. The summed E-state index contributed by atoms with van der Waals surface area (Å²) in [6.07, 6.45) is 12.3. The maximum Gasteiger partial charge on any atom is 0.132 e. The van der Waals surface area contributed by atoms with Crippen LogP contribution in [0.15, 0.2) is 0 Å². The number of rotatable bonds is 1. The van der Waals surface area contributed by atoms with E-state index in [4.69, 9.17) is 0 Å². The van der Waals surface area contributed by atoms with Gasteiger partial charge in [0.1, 0.15) is 5.78 Å². The predicted octanol–water partition coefficient (Wildman–Crippen LogP) is 3.71. The zero-order chi connectivity index (χ0) is 9.52. The third kappa shape index (κ3) is 5.82. The molecule has 2 aliphatic rings. The molecule has 0 bridgehead atoms. The van der Waals surface area contributed by atoms with Gasteiger partial charge in [-0.25, -0.2) is 0 Å². The van der Waals surface area contributed by atoms with Crippen molar-refractivity contribution in [1.29, 1.82) is 0 Å². The van der Waals surface area contributed by atoms with E-state index in [9.17, 15) is 4.79 Å². The summed E-state index contributed by atoms with van der Waals surface area (Å²) in [4.78, 5) is 10.6. The fourth-order valence-corrected chi connectivity index (χ4v) is 2.22. The van der Waals surface area contributed by atoms with E-state index in [1.54, 1.807) is 6.92 Å². The monoisotopic (exact) mass is 238 g/mol. The van der Waals surface area contributed by atoms with E-state index in [1.807, 2.05) is 0 Å². The van der Waals surface area contributed by atoms with Gasteiger partial charge in [-0.15, -0.1) is 0 Å². The smallest absolute Gasteiger partial charge is 0.132 e. The first kappa shape index (κ1) is 14.2. The molecule has 1 nitrogen and oxygen atoms in total. The maximum atomic E-state index is 10.6. The molecule has 0 radical (unpaired) electrons. The van der Waals surface area contributed by atoms with Crippen LogP contribution in [0.2, 0.25) is 0 Å². The Bertz CT molecular complexity index is 139.